The van der Waals surface area contributed by atoms with Crippen LogP contribution in [0.25, 0.3) is 32.8 Å². The second-order valence-corrected chi connectivity index (χ2v) is 15.2. The van der Waals surface area contributed by atoms with E-state index in [0.717, 1.165) is 5.54 Å². The van der Waals surface area contributed by atoms with Gasteiger partial charge < -0.3 is 4.57 Å². The molecule has 3 heterocycles. The van der Waals surface area contributed by atoms with E-state index in [4.69, 9.17) is 0 Å². The Hall–Kier alpha value is -2.61. The summed E-state index contributed by atoms with van der Waals surface area (Å²) < 4.78 is 2.47. The smallest absolute Gasteiger partial charge is 0.0950 e. The molecule has 0 spiro atoms. The van der Waals surface area contributed by atoms with Crippen LogP contribution in [0.1, 0.15) is 35.0 Å². The van der Waals surface area contributed by atoms with Crippen LogP contribution in [-0.4, -0.2) is 12.6 Å². The number of allylic oxidation sites excluding steroid dienone is 1. The third-order valence-corrected chi connectivity index (χ3v) is 12.1. The SMILES string of the molecule is CC1=C2c3c(cc(C)n3-c3ccccc3)C1[Si]2(C)C.Cc1cc2c(-c3ccccc3)cccc2[cH-]1.[Zr]. The van der Waals surface area contributed by atoms with E-state index in [1.807, 2.05) is 0 Å². The first-order chi connectivity index (χ1) is 16.9. The van der Waals surface area contributed by atoms with Crippen LogP contribution >= 0.6 is 0 Å². The van der Waals surface area contributed by atoms with Gasteiger partial charge in [-0.3, -0.25) is 0 Å². The van der Waals surface area contributed by atoms with Gasteiger partial charge in [-0.1, -0.05) is 85.8 Å². The molecule has 36 heavy (non-hydrogen) atoms. The first-order valence-corrected chi connectivity index (χ1v) is 15.7. The molecule has 3 heteroatoms. The van der Waals surface area contributed by atoms with Gasteiger partial charge in [-0.25, -0.2) is 0 Å². The Morgan fingerprint density at radius 1 is 0.778 bits per heavy atom. The number of aryl methyl sites for hydroxylation is 2. The summed E-state index contributed by atoms with van der Waals surface area (Å²) in [6.45, 7) is 11.8. The molecule has 0 fully saturated rings. The van der Waals surface area contributed by atoms with E-state index >= 15 is 0 Å². The van der Waals surface area contributed by atoms with Gasteiger partial charge in [0, 0.05) is 48.8 Å². The summed E-state index contributed by atoms with van der Waals surface area (Å²) in [4.78, 5) is 0. The first kappa shape index (κ1) is 25.1. The van der Waals surface area contributed by atoms with Gasteiger partial charge in [0.15, 0.2) is 0 Å². The van der Waals surface area contributed by atoms with Gasteiger partial charge in [-0.15, -0.1) is 34.5 Å². The van der Waals surface area contributed by atoms with Crippen molar-refractivity contribution in [2.45, 2.75) is 39.4 Å². The molecule has 4 aromatic carbocycles. The molecule has 2 bridgehead atoms. The molecule has 3 aliphatic rings. The summed E-state index contributed by atoms with van der Waals surface area (Å²) in [6.07, 6.45) is 0. The Balaban J connectivity index is 0.000000146. The predicted octanol–water partition coefficient (Wildman–Crippen LogP) is 8.99. The van der Waals surface area contributed by atoms with Crippen molar-refractivity contribution in [3.63, 3.8) is 0 Å². The molecule has 1 aliphatic carbocycles. The monoisotopic (exact) mass is 560 g/mol. The quantitative estimate of drug-likeness (QED) is 0.150. The summed E-state index contributed by atoms with van der Waals surface area (Å²) in [5.74, 6) is 0. The molecule has 178 valence electrons. The van der Waals surface area contributed by atoms with Crippen molar-refractivity contribution in [3.05, 3.63) is 125 Å². The number of nitrogens with zero attached hydrogens (tertiary/aromatic N) is 1. The normalized spacial score (nSPS) is 16.6. The van der Waals surface area contributed by atoms with Gasteiger partial charge in [0.2, 0.25) is 0 Å². The third-order valence-electron chi connectivity index (χ3n) is 7.95. The van der Waals surface area contributed by atoms with E-state index in [2.05, 4.69) is 135 Å². The number of hydrogen-bond donors (Lipinski definition) is 0. The number of fused-ring (bicyclic) bond motifs is 1. The molecule has 0 radical (unpaired) electrons. The van der Waals surface area contributed by atoms with Crippen LogP contribution in [-0.2, 0) is 26.2 Å². The molecular formula is C33H32NSiZr-. The summed E-state index contributed by atoms with van der Waals surface area (Å²) in [7, 11) is -1.19. The van der Waals surface area contributed by atoms with Crippen molar-refractivity contribution in [2.75, 3.05) is 0 Å². The van der Waals surface area contributed by atoms with Crippen LogP contribution in [0, 0.1) is 13.8 Å². The van der Waals surface area contributed by atoms with Crippen LogP contribution in [0.5, 0.6) is 0 Å². The zero-order chi connectivity index (χ0) is 24.3. The summed E-state index contributed by atoms with van der Waals surface area (Å²) in [5, 5.41) is 4.40. The Bertz CT molecular complexity index is 1590. The van der Waals surface area contributed by atoms with E-state index in [9.17, 15) is 0 Å². The molecule has 1 aromatic heterocycles. The molecule has 1 unspecified atom stereocenters. The summed E-state index contributed by atoms with van der Waals surface area (Å²) in [6, 6.07) is 34.8. The van der Waals surface area contributed by atoms with Crippen LogP contribution in [0.15, 0.2) is 103 Å². The van der Waals surface area contributed by atoms with Crippen LogP contribution in [0.3, 0.4) is 0 Å². The predicted molar refractivity (Wildman–Crippen MR) is 153 cm³/mol. The third kappa shape index (κ3) is 3.80. The van der Waals surface area contributed by atoms with Crippen molar-refractivity contribution >= 4 is 24.0 Å². The molecule has 0 saturated heterocycles. The van der Waals surface area contributed by atoms with Gasteiger partial charge in [-0.2, -0.15) is 6.07 Å². The van der Waals surface area contributed by atoms with E-state index < -0.39 is 8.07 Å². The minimum atomic E-state index is -1.19. The van der Waals surface area contributed by atoms with Gasteiger partial charge >= 0.3 is 0 Å². The second kappa shape index (κ2) is 9.36. The molecule has 1 atom stereocenters. The minimum absolute atomic E-state index is 0. The fourth-order valence-electron chi connectivity index (χ4n) is 6.68. The standard InChI is InChI=1S/C17H19NSi.C16H13.Zr/c1-11-10-14-15(17-12(2)16(14)19(17,3)4)18(11)13-8-6-5-7-9-13;1-12-10-14-8-5-9-15(16(14)11-12)13-6-3-2-4-7-13;/h5-10,16H,1-4H3;2-11H,1H3;/q;-1;. The van der Waals surface area contributed by atoms with Crippen molar-refractivity contribution < 1.29 is 26.2 Å². The van der Waals surface area contributed by atoms with Crippen LogP contribution < -0.4 is 0 Å². The summed E-state index contributed by atoms with van der Waals surface area (Å²) >= 11 is 0. The van der Waals surface area contributed by atoms with Gasteiger partial charge in [0.1, 0.15) is 0 Å². The molecule has 0 amide bonds. The van der Waals surface area contributed by atoms with Crippen LogP contribution in [0.2, 0.25) is 13.1 Å². The van der Waals surface area contributed by atoms with Crippen molar-refractivity contribution in [2.24, 2.45) is 0 Å². The minimum Gasteiger partial charge on any atom is -0.314 e. The molecule has 2 aliphatic heterocycles. The molecule has 5 aromatic rings. The Morgan fingerprint density at radius 3 is 2.11 bits per heavy atom. The van der Waals surface area contributed by atoms with Crippen molar-refractivity contribution in [1.82, 2.24) is 4.57 Å². The van der Waals surface area contributed by atoms with E-state index in [1.165, 1.54) is 44.5 Å². The number of benzene rings is 3. The second-order valence-electron chi connectivity index (χ2n) is 10.7. The van der Waals surface area contributed by atoms with Gasteiger partial charge in [0.05, 0.1) is 8.07 Å². The van der Waals surface area contributed by atoms with E-state index in [1.54, 1.807) is 16.3 Å². The van der Waals surface area contributed by atoms with Gasteiger partial charge in [-0.05, 0) is 48.4 Å². The Kier molecular flexibility index (Phi) is 6.52. The zero-order valence-corrected chi connectivity index (χ0v) is 25.2. The first-order valence-electron chi connectivity index (χ1n) is 12.6. The van der Waals surface area contributed by atoms with Gasteiger partial charge in [0.25, 0.3) is 0 Å². The maximum atomic E-state index is 2.52. The maximum Gasteiger partial charge on any atom is 0.0950 e. The topological polar surface area (TPSA) is 4.93 Å². The van der Waals surface area contributed by atoms with Crippen LogP contribution in [0.4, 0.5) is 0 Å². The van der Waals surface area contributed by atoms with Crippen molar-refractivity contribution in [1.29, 1.82) is 0 Å². The molecule has 0 N–H and O–H groups in total. The number of rotatable bonds is 2. The largest absolute Gasteiger partial charge is 0.314 e. The molecule has 8 rings (SSSR count). The summed E-state index contributed by atoms with van der Waals surface area (Å²) in [5.41, 5.74) is 12.2. The molecule has 1 nitrogen and oxygen atoms in total. The van der Waals surface area contributed by atoms with Crippen molar-refractivity contribution in [3.8, 4) is 16.8 Å². The van der Waals surface area contributed by atoms with E-state index in [-0.39, 0.29) is 26.2 Å². The zero-order valence-electron chi connectivity index (χ0n) is 21.8. The maximum absolute atomic E-state index is 2.52. The molecule has 0 saturated carbocycles. The number of para-hydroxylation sites is 1. The Labute approximate surface area is 235 Å². The fraction of sp³-hybridized carbons (Fsp3) is 0.182. The average Bonchev–Trinajstić information content (AvgIpc) is 3.53. The Morgan fingerprint density at radius 2 is 1.44 bits per heavy atom. The average molecular weight is 562 g/mol. The number of hydrogen-bond acceptors (Lipinski definition) is 0. The molecular weight excluding hydrogens is 530 g/mol. The fourth-order valence-corrected chi connectivity index (χ4v) is 11.0. The number of aromatic nitrogens is 1. The van der Waals surface area contributed by atoms with E-state index in [0.29, 0.717) is 0 Å².